The monoisotopic (exact) mass is 367 g/mol. The number of anilines is 1. The first-order valence-electron chi connectivity index (χ1n) is 8.20. The normalized spacial score (nSPS) is 23.9. The highest BCUT2D eigenvalue weighted by Gasteiger charge is 2.29. The van der Waals surface area contributed by atoms with Gasteiger partial charge in [0.2, 0.25) is 5.91 Å². The third-order valence-electron chi connectivity index (χ3n) is 4.88. The van der Waals surface area contributed by atoms with E-state index in [0.29, 0.717) is 23.2 Å². The summed E-state index contributed by atoms with van der Waals surface area (Å²) in [5.41, 5.74) is 3.77. The molecule has 24 heavy (non-hydrogen) atoms. The minimum absolute atomic E-state index is 0.0378. The average Bonchev–Trinajstić information content (AvgIpc) is 3.16. The Morgan fingerprint density at radius 1 is 1.38 bits per heavy atom. The summed E-state index contributed by atoms with van der Waals surface area (Å²) in [6.07, 6.45) is 1.70. The van der Waals surface area contributed by atoms with E-state index in [1.807, 2.05) is 13.0 Å². The molecule has 1 saturated heterocycles. The first-order chi connectivity index (χ1) is 11.6. The van der Waals surface area contributed by atoms with E-state index < -0.39 is 0 Å². The van der Waals surface area contributed by atoms with Crippen molar-refractivity contribution in [2.45, 2.75) is 31.7 Å². The van der Waals surface area contributed by atoms with Crippen LogP contribution in [0.4, 0.5) is 5.69 Å². The molecule has 4 rings (SSSR count). The lowest BCUT2D eigenvalue weighted by Crippen LogP contribution is -2.27. The van der Waals surface area contributed by atoms with Gasteiger partial charge in [0.25, 0.3) is 0 Å². The van der Waals surface area contributed by atoms with E-state index in [0.717, 1.165) is 47.3 Å². The van der Waals surface area contributed by atoms with Gasteiger partial charge in [0.05, 0.1) is 34.1 Å². The minimum Gasteiger partial charge on any atom is -0.379 e. The molecule has 0 radical (unpaired) electrons. The largest absolute Gasteiger partial charge is 0.379 e. The summed E-state index contributed by atoms with van der Waals surface area (Å²) < 4.78 is 5.45. The highest BCUT2D eigenvalue weighted by Crippen LogP contribution is 2.42. The minimum atomic E-state index is -0.242. The van der Waals surface area contributed by atoms with E-state index >= 15 is 0 Å². The Balaban J connectivity index is 1.92. The molecule has 0 bridgehead atoms. The molecule has 7 heteroatoms. The standard InChI is InChI=1S/C17H19Cl2N3O2/c1-8-13-11(2-4-20-17(8)23)22-16-14(13)12(6-10(18)15(16)19)21-9-3-5-24-7-9/h6,8-9,21-22H,2-5,7H2,1H3,(H,20,23)/t8-,9-/m0/s1. The number of amides is 1. The molecule has 128 valence electrons. The van der Waals surface area contributed by atoms with Crippen molar-refractivity contribution in [1.29, 1.82) is 0 Å². The quantitative estimate of drug-likeness (QED) is 0.761. The van der Waals surface area contributed by atoms with Gasteiger partial charge in [-0.3, -0.25) is 4.79 Å². The van der Waals surface area contributed by atoms with Crippen LogP contribution >= 0.6 is 23.2 Å². The van der Waals surface area contributed by atoms with Crippen molar-refractivity contribution < 1.29 is 9.53 Å². The Hall–Kier alpha value is -1.43. The van der Waals surface area contributed by atoms with E-state index in [1.54, 1.807) is 0 Å². The third kappa shape index (κ3) is 2.55. The number of hydrogen-bond acceptors (Lipinski definition) is 3. The first-order valence-corrected chi connectivity index (χ1v) is 8.96. The number of aromatic nitrogens is 1. The van der Waals surface area contributed by atoms with Crippen molar-refractivity contribution in [3.63, 3.8) is 0 Å². The molecule has 1 aromatic carbocycles. The third-order valence-corrected chi connectivity index (χ3v) is 5.67. The van der Waals surface area contributed by atoms with Crippen LogP contribution in [0, 0.1) is 0 Å². The zero-order chi connectivity index (χ0) is 16.8. The molecular formula is C17H19Cl2N3O2. The summed E-state index contributed by atoms with van der Waals surface area (Å²) in [7, 11) is 0. The predicted octanol–water partition coefficient (Wildman–Crippen LogP) is 3.45. The van der Waals surface area contributed by atoms with Crippen molar-refractivity contribution in [2.75, 3.05) is 25.1 Å². The topological polar surface area (TPSA) is 66.2 Å². The number of hydrogen-bond donors (Lipinski definition) is 3. The second-order valence-electron chi connectivity index (χ2n) is 6.45. The molecule has 2 aromatic rings. The van der Waals surface area contributed by atoms with Crippen molar-refractivity contribution >= 4 is 45.7 Å². The zero-order valence-corrected chi connectivity index (χ0v) is 14.9. The van der Waals surface area contributed by atoms with Crippen LogP contribution < -0.4 is 10.6 Å². The molecule has 2 aliphatic heterocycles. The average molecular weight is 368 g/mol. The molecule has 2 aliphatic rings. The van der Waals surface area contributed by atoms with Crippen molar-refractivity contribution in [3.05, 3.63) is 27.4 Å². The lowest BCUT2D eigenvalue weighted by atomic mass is 9.96. The fraction of sp³-hybridized carbons (Fsp3) is 0.471. The fourth-order valence-electron chi connectivity index (χ4n) is 3.64. The van der Waals surface area contributed by atoms with Gasteiger partial charge in [-0.2, -0.15) is 0 Å². The van der Waals surface area contributed by atoms with Gasteiger partial charge in [0.1, 0.15) is 0 Å². The van der Waals surface area contributed by atoms with Crippen molar-refractivity contribution in [2.24, 2.45) is 0 Å². The summed E-state index contributed by atoms with van der Waals surface area (Å²) in [5, 5.41) is 8.44. The summed E-state index contributed by atoms with van der Waals surface area (Å²) in [5.74, 6) is -0.204. The fourth-order valence-corrected chi connectivity index (χ4v) is 4.04. The Bertz CT molecular complexity index is 812. The predicted molar refractivity (Wildman–Crippen MR) is 96.3 cm³/mol. The molecule has 0 spiro atoms. The van der Waals surface area contributed by atoms with Gasteiger partial charge >= 0.3 is 0 Å². The van der Waals surface area contributed by atoms with Gasteiger partial charge < -0.3 is 20.4 Å². The number of rotatable bonds is 2. The first kappa shape index (κ1) is 16.1. The molecule has 1 aromatic heterocycles. The van der Waals surface area contributed by atoms with E-state index in [-0.39, 0.29) is 17.9 Å². The molecule has 3 heterocycles. The molecule has 1 amide bonds. The Morgan fingerprint density at radius 2 is 2.21 bits per heavy atom. The lowest BCUT2D eigenvalue weighted by Gasteiger charge is -2.17. The van der Waals surface area contributed by atoms with Gasteiger partial charge in [-0.15, -0.1) is 0 Å². The van der Waals surface area contributed by atoms with Crippen LogP contribution in [0.2, 0.25) is 10.0 Å². The molecule has 0 aliphatic carbocycles. The smallest absolute Gasteiger partial charge is 0.227 e. The number of H-pyrrole nitrogens is 1. The zero-order valence-electron chi connectivity index (χ0n) is 13.3. The second kappa shape index (κ2) is 6.14. The maximum absolute atomic E-state index is 12.3. The number of carbonyl (C=O) groups is 1. The van der Waals surface area contributed by atoms with Gasteiger partial charge in [-0.25, -0.2) is 0 Å². The van der Waals surface area contributed by atoms with Crippen LogP contribution in [0.1, 0.15) is 30.5 Å². The Morgan fingerprint density at radius 3 is 2.96 bits per heavy atom. The maximum atomic E-state index is 12.3. The van der Waals surface area contributed by atoms with Crippen LogP contribution in [-0.2, 0) is 16.0 Å². The molecule has 0 saturated carbocycles. The molecule has 2 atom stereocenters. The van der Waals surface area contributed by atoms with Gasteiger partial charge in [-0.1, -0.05) is 23.2 Å². The lowest BCUT2D eigenvalue weighted by molar-refractivity contribution is -0.121. The van der Waals surface area contributed by atoms with Crippen molar-refractivity contribution in [1.82, 2.24) is 10.3 Å². The highest BCUT2D eigenvalue weighted by molar-refractivity contribution is 6.45. The van der Waals surface area contributed by atoms with Crippen LogP contribution in [0.15, 0.2) is 6.07 Å². The highest BCUT2D eigenvalue weighted by atomic mass is 35.5. The van der Waals surface area contributed by atoms with Gasteiger partial charge in [0, 0.05) is 36.3 Å². The number of benzene rings is 1. The number of carbonyl (C=O) groups excluding carboxylic acids is 1. The van der Waals surface area contributed by atoms with Crippen LogP contribution in [0.5, 0.6) is 0 Å². The molecular weight excluding hydrogens is 349 g/mol. The van der Waals surface area contributed by atoms with E-state index in [1.165, 1.54) is 0 Å². The number of halogens is 2. The number of aromatic amines is 1. The van der Waals surface area contributed by atoms with Crippen LogP contribution in [0.3, 0.4) is 0 Å². The second-order valence-corrected chi connectivity index (χ2v) is 7.24. The number of fused-ring (bicyclic) bond motifs is 3. The molecule has 0 unspecified atom stereocenters. The van der Waals surface area contributed by atoms with E-state index in [2.05, 4.69) is 15.6 Å². The van der Waals surface area contributed by atoms with E-state index in [4.69, 9.17) is 27.9 Å². The number of ether oxygens (including phenoxy) is 1. The molecule has 3 N–H and O–H groups in total. The summed E-state index contributed by atoms with van der Waals surface area (Å²) in [6.45, 7) is 3.97. The van der Waals surface area contributed by atoms with Crippen LogP contribution in [-0.4, -0.2) is 36.7 Å². The summed E-state index contributed by atoms with van der Waals surface area (Å²) in [6, 6.07) is 2.10. The van der Waals surface area contributed by atoms with Gasteiger partial charge in [0.15, 0.2) is 0 Å². The molecule has 1 fully saturated rings. The van der Waals surface area contributed by atoms with Crippen molar-refractivity contribution in [3.8, 4) is 0 Å². The van der Waals surface area contributed by atoms with Gasteiger partial charge in [-0.05, 0) is 25.0 Å². The number of nitrogens with one attached hydrogen (secondary N) is 3. The SMILES string of the molecule is C[C@@H]1C(=O)NCCc2[nH]c3c(Cl)c(Cl)cc(N[C@H]4CCOC4)c3c21. The Labute approximate surface area is 150 Å². The summed E-state index contributed by atoms with van der Waals surface area (Å²) in [4.78, 5) is 15.7. The molecule has 5 nitrogen and oxygen atoms in total. The van der Waals surface area contributed by atoms with E-state index in [9.17, 15) is 4.79 Å². The van der Waals surface area contributed by atoms with Crippen LogP contribution in [0.25, 0.3) is 10.9 Å². The summed E-state index contributed by atoms with van der Waals surface area (Å²) >= 11 is 12.8. The maximum Gasteiger partial charge on any atom is 0.227 e. The Kier molecular flexibility index (Phi) is 4.11.